The minimum absolute atomic E-state index is 0.0387. The van der Waals surface area contributed by atoms with Crippen molar-refractivity contribution in [1.82, 2.24) is 0 Å². The molecule has 0 aliphatic heterocycles. The second-order valence-electron chi connectivity index (χ2n) is 6.47. The Morgan fingerprint density at radius 1 is 1.15 bits per heavy atom. The molecule has 0 heterocycles. The van der Waals surface area contributed by atoms with E-state index >= 15 is 0 Å². The molecule has 0 atom stereocenters. The quantitative estimate of drug-likeness (QED) is 0.824. The van der Waals surface area contributed by atoms with Crippen LogP contribution in [0.5, 0.6) is 5.75 Å². The summed E-state index contributed by atoms with van der Waals surface area (Å²) in [5, 5.41) is 9.42. The van der Waals surface area contributed by atoms with Gasteiger partial charge in [-0.05, 0) is 49.8 Å². The van der Waals surface area contributed by atoms with Crippen molar-refractivity contribution in [2.24, 2.45) is 0 Å². The Morgan fingerprint density at radius 2 is 1.75 bits per heavy atom. The van der Waals surface area contributed by atoms with Gasteiger partial charge >= 0.3 is 5.97 Å². The zero-order valence-corrected chi connectivity index (χ0v) is 13.4. The minimum Gasteiger partial charge on any atom is -0.487 e. The maximum absolute atomic E-state index is 11.5. The zero-order valence-electron chi connectivity index (χ0n) is 13.4. The molecule has 1 N–H and O–H groups in total. The molecule has 112 valence electrons. The lowest BCUT2D eigenvalue weighted by Gasteiger charge is -2.28. The fraction of sp³-hybridized carbons (Fsp3) is 0.588. The molecule has 1 aromatic rings. The lowest BCUT2D eigenvalue weighted by atomic mass is 9.81. The van der Waals surface area contributed by atoms with Crippen molar-refractivity contribution in [2.45, 2.75) is 65.4 Å². The van der Waals surface area contributed by atoms with Gasteiger partial charge in [-0.25, -0.2) is 4.79 Å². The Morgan fingerprint density at radius 3 is 2.20 bits per heavy atom. The molecule has 20 heavy (non-hydrogen) atoms. The summed E-state index contributed by atoms with van der Waals surface area (Å²) in [6.45, 7) is 12.3. The van der Waals surface area contributed by atoms with Crippen molar-refractivity contribution in [3.8, 4) is 5.75 Å². The first-order chi connectivity index (χ1) is 9.13. The number of rotatable bonds is 6. The molecule has 3 heteroatoms. The van der Waals surface area contributed by atoms with Crippen LogP contribution >= 0.6 is 0 Å². The van der Waals surface area contributed by atoms with Gasteiger partial charge in [0.2, 0.25) is 0 Å². The van der Waals surface area contributed by atoms with Gasteiger partial charge in [-0.3, -0.25) is 0 Å². The maximum atomic E-state index is 11.5. The van der Waals surface area contributed by atoms with Gasteiger partial charge in [-0.1, -0.05) is 33.8 Å². The number of aromatic carboxylic acids is 1. The van der Waals surface area contributed by atoms with E-state index in [1.54, 1.807) is 12.1 Å². The SMILES string of the molecule is CCC(C)(C)Oc1ccc(C(C)(C)CC)cc1C(=O)O. The van der Waals surface area contributed by atoms with Gasteiger partial charge in [0.05, 0.1) is 0 Å². The van der Waals surface area contributed by atoms with Crippen LogP contribution in [-0.4, -0.2) is 16.7 Å². The molecule has 0 aliphatic rings. The summed E-state index contributed by atoms with van der Waals surface area (Å²) < 4.78 is 5.86. The molecule has 1 aromatic carbocycles. The summed E-state index contributed by atoms with van der Waals surface area (Å²) in [4.78, 5) is 11.5. The number of carbonyl (C=O) groups is 1. The van der Waals surface area contributed by atoms with Crippen LogP contribution in [0.4, 0.5) is 0 Å². The van der Waals surface area contributed by atoms with E-state index in [0.717, 1.165) is 18.4 Å². The van der Waals surface area contributed by atoms with E-state index in [4.69, 9.17) is 4.74 Å². The van der Waals surface area contributed by atoms with Gasteiger partial charge in [0.15, 0.2) is 0 Å². The van der Waals surface area contributed by atoms with Crippen LogP contribution in [0.25, 0.3) is 0 Å². The Bertz CT molecular complexity index is 487. The zero-order chi connectivity index (χ0) is 15.6. The predicted octanol–water partition coefficient (Wildman–Crippen LogP) is 4.64. The second-order valence-corrected chi connectivity index (χ2v) is 6.47. The first-order valence-electron chi connectivity index (χ1n) is 7.20. The number of benzene rings is 1. The van der Waals surface area contributed by atoms with Crippen molar-refractivity contribution < 1.29 is 14.6 Å². The fourth-order valence-corrected chi connectivity index (χ4v) is 1.78. The topological polar surface area (TPSA) is 46.5 Å². The molecule has 0 spiro atoms. The van der Waals surface area contributed by atoms with Crippen molar-refractivity contribution >= 4 is 5.97 Å². The Labute approximate surface area is 122 Å². The van der Waals surface area contributed by atoms with Crippen LogP contribution in [0, 0.1) is 0 Å². The van der Waals surface area contributed by atoms with Crippen molar-refractivity contribution in [3.63, 3.8) is 0 Å². The molecule has 0 aliphatic carbocycles. The molecule has 1 rings (SSSR count). The summed E-state index contributed by atoms with van der Waals surface area (Å²) in [6, 6.07) is 5.50. The highest BCUT2D eigenvalue weighted by Crippen LogP contribution is 2.32. The van der Waals surface area contributed by atoms with Crippen molar-refractivity contribution in [3.05, 3.63) is 29.3 Å². The minimum atomic E-state index is -0.944. The number of hydrogen-bond donors (Lipinski definition) is 1. The van der Waals surface area contributed by atoms with Gasteiger partial charge in [0, 0.05) is 0 Å². The van der Waals surface area contributed by atoms with E-state index < -0.39 is 5.97 Å². The van der Waals surface area contributed by atoms with Gasteiger partial charge in [-0.2, -0.15) is 0 Å². The van der Waals surface area contributed by atoms with E-state index in [-0.39, 0.29) is 16.6 Å². The molecular formula is C17H26O3. The summed E-state index contributed by atoms with van der Waals surface area (Å²) in [5.41, 5.74) is 0.860. The highest BCUT2D eigenvalue weighted by molar-refractivity contribution is 5.91. The first-order valence-corrected chi connectivity index (χ1v) is 7.20. The van der Waals surface area contributed by atoms with Gasteiger partial charge in [0.1, 0.15) is 16.9 Å². The molecule has 0 saturated heterocycles. The number of carboxylic acids is 1. The first kappa shape index (κ1) is 16.5. The smallest absolute Gasteiger partial charge is 0.339 e. The number of carboxylic acid groups (broad SMARTS) is 1. The van der Waals surface area contributed by atoms with Crippen LogP contribution < -0.4 is 4.74 Å². The van der Waals surface area contributed by atoms with Crippen LogP contribution in [0.2, 0.25) is 0 Å². The van der Waals surface area contributed by atoms with E-state index in [9.17, 15) is 9.90 Å². The van der Waals surface area contributed by atoms with E-state index in [2.05, 4.69) is 20.8 Å². The Hall–Kier alpha value is -1.51. The standard InChI is InChI=1S/C17H26O3/c1-7-16(3,4)12-9-10-14(13(11-12)15(18)19)20-17(5,6)8-2/h9-11H,7-8H2,1-6H3,(H,18,19). The summed E-state index contributed by atoms with van der Waals surface area (Å²) in [6.07, 6.45) is 1.76. The average molecular weight is 278 g/mol. The highest BCUT2D eigenvalue weighted by atomic mass is 16.5. The van der Waals surface area contributed by atoms with Crippen molar-refractivity contribution in [1.29, 1.82) is 0 Å². The monoisotopic (exact) mass is 278 g/mol. The van der Waals surface area contributed by atoms with Crippen LogP contribution in [0.15, 0.2) is 18.2 Å². The third-order valence-electron chi connectivity index (χ3n) is 4.11. The van der Waals surface area contributed by atoms with Crippen LogP contribution in [0.1, 0.15) is 70.3 Å². The molecule has 0 fully saturated rings. The highest BCUT2D eigenvalue weighted by Gasteiger charge is 2.24. The summed E-state index contributed by atoms with van der Waals surface area (Å²) >= 11 is 0. The fourth-order valence-electron chi connectivity index (χ4n) is 1.78. The van der Waals surface area contributed by atoms with Crippen LogP contribution in [0.3, 0.4) is 0 Å². The Balaban J connectivity index is 3.25. The largest absolute Gasteiger partial charge is 0.487 e. The summed E-state index contributed by atoms with van der Waals surface area (Å²) in [5.74, 6) is -0.499. The molecule has 0 saturated carbocycles. The predicted molar refractivity (Wildman–Crippen MR) is 81.7 cm³/mol. The van der Waals surface area contributed by atoms with Gasteiger partial charge < -0.3 is 9.84 Å². The maximum Gasteiger partial charge on any atom is 0.339 e. The summed E-state index contributed by atoms with van der Waals surface area (Å²) in [7, 11) is 0. The average Bonchev–Trinajstić information content (AvgIpc) is 2.38. The molecule has 0 aromatic heterocycles. The Kier molecular flexibility index (Phi) is 4.85. The molecule has 0 radical (unpaired) electrons. The van der Waals surface area contributed by atoms with Gasteiger partial charge in [-0.15, -0.1) is 0 Å². The third kappa shape index (κ3) is 3.75. The van der Waals surface area contributed by atoms with E-state index in [0.29, 0.717) is 5.75 Å². The third-order valence-corrected chi connectivity index (χ3v) is 4.11. The van der Waals surface area contributed by atoms with Gasteiger partial charge in [0.25, 0.3) is 0 Å². The van der Waals surface area contributed by atoms with E-state index in [1.165, 1.54) is 0 Å². The molecular weight excluding hydrogens is 252 g/mol. The molecule has 3 nitrogen and oxygen atoms in total. The number of hydrogen-bond acceptors (Lipinski definition) is 2. The second kappa shape index (κ2) is 5.86. The molecule has 0 bridgehead atoms. The number of ether oxygens (including phenoxy) is 1. The normalized spacial score (nSPS) is 12.3. The lowest BCUT2D eigenvalue weighted by molar-refractivity contribution is 0.0671. The molecule has 0 unspecified atom stereocenters. The van der Waals surface area contributed by atoms with Crippen LogP contribution in [-0.2, 0) is 5.41 Å². The van der Waals surface area contributed by atoms with Crippen molar-refractivity contribution in [2.75, 3.05) is 0 Å². The molecule has 0 amide bonds. The lowest BCUT2D eigenvalue weighted by Crippen LogP contribution is -2.28. The van der Waals surface area contributed by atoms with E-state index in [1.807, 2.05) is 26.8 Å².